The first kappa shape index (κ1) is 22.3. The van der Waals surface area contributed by atoms with E-state index in [4.69, 9.17) is 0 Å². The first-order chi connectivity index (χ1) is 16.2. The smallest absolute Gasteiger partial charge is 0.272 e. The highest BCUT2D eigenvalue weighted by atomic mass is 16.2. The van der Waals surface area contributed by atoms with Crippen LogP contribution < -0.4 is 5.32 Å². The van der Waals surface area contributed by atoms with E-state index in [2.05, 4.69) is 56.4 Å². The minimum absolute atomic E-state index is 0.0356. The zero-order chi connectivity index (χ0) is 22.6. The van der Waals surface area contributed by atoms with Gasteiger partial charge in [0.25, 0.3) is 5.91 Å². The number of piperidine rings is 1. The van der Waals surface area contributed by atoms with Crippen molar-refractivity contribution in [3.05, 3.63) is 53.5 Å². The first-order valence-electron chi connectivity index (χ1n) is 12.5. The van der Waals surface area contributed by atoms with E-state index in [0.717, 1.165) is 83.6 Å². The molecule has 0 radical (unpaired) electrons. The second-order valence-corrected chi connectivity index (χ2v) is 9.88. The normalized spacial score (nSPS) is 23.1. The second kappa shape index (κ2) is 10.2. The van der Waals surface area contributed by atoms with Gasteiger partial charge in [0.15, 0.2) is 0 Å². The summed E-state index contributed by atoms with van der Waals surface area (Å²) in [5.74, 6) is 0.802. The molecule has 1 aromatic heterocycles. The number of carbonyl (C=O) groups is 1. The van der Waals surface area contributed by atoms with Crippen LogP contribution in [0.2, 0.25) is 0 Å². The third kappa shape index (κ3) is 5.36. The van der Waals surface area contributed by atoms with Gasteiger partial charge in [-0.15, -0.1) is 0 Å². The summed E-state index contributed by atoms with van der Waals surface area (Å²) in [4.78, 5) is 29.0. The summed E-state index contributed by atoms with van der Waals surface area (Å²) in [6.07, 6.45) is 8.06. The van der Waals surface area contributed by atoms with Crippen LogP contribution in [0.25, 0.3) is 0 Å². The largest absolute Gasteiger partial charge is 0.367 e. The molecule has 1 N–H and O–H groups in total. The molecule has 1 aromatic carbocycles. The summed E-state index contributed by atoms with van der Waals surface area (Å²) >= 11 is 0. The molecule has 2 aromatic rings. The highest BCUT2D eigenvalue weighted by molar-refractivity contribution is 5.92. The number of nitrogens with one attached hydrogen (secondary N) is 1. The number of hydrogen-bond acceptors (Lipinski definition) is 6. The topological polar surface area (TPSA) is 64.6 Å². The summed E-state index contributed by atoms with van der Waals surface area (Å²) in [7, 11) is 2.16. The maximum atomic E-state index is 13.3. The van der Waals surface area contributed by atoms with Crippen molar-refractivity contribution in [2.24, 2.45) is 0 Å². The molecule has 7 heteroatoms. The number of hydrogen-bond donors (Lipinski definition) is 1. The van der Waals surface area contributed by atoms with Gasteiger partial charge in [0.1, 0.15) is 17.8 Å². The lowest BCUT2D eigenvalue weighted by Crippen LogP contribution is -2.40. The van der Waals surface area contributed by atoms with E-state index >= 15 is 0 Å². The molecule has 0 saturated carbocycles. The summed E-state index contributed by atoms with van der Waals surface area (Å²) in [5, 5.41) is 3.51. The summed E-state index contributed by atoms with van der Waals surface area (Å²) in [5.41, 5.74) is 3.46. The van der Waals surface area contributed by atoms with Gasteiger partial charge >= 0.3 is 0 Å². The lowest BCUT2D eigenvalue weighted by atomic mass is 9.97. The Morgan fingerprint density at radius 2 is 1.79 bits per heavy atom. The number of aromatic nitrogens is 2. The van der Waals surface area contributed by atoms with Gasteiger partial charge < -0.3 is 15.1 Å². The van der Waals surface area contributed by atoms with Crippen LogP contribution in [0.1, 0.15) is 53.7 Å². The SMILES string of the molecule is CN1CCC(Nc2cc(C(=O)N3CCCC(N4CCc5ccccc5C4)CC3)ncn2)CC1. The second-order valence-electron chi connectivity index (χ2n) is 9.88. The van der Waals surface area contributed by atoms with Gasteiger partial charge in [0.05, 0.1) is 0 Å². The van der Waals surface area contributed by atoms with Crippen LogP contribution >= 0.6 is 0 Å². The highest BCUT2D eigenvalue weighted by Gasteiger charge is 2.28. The van der Waals surface area contributed by atoms with Crippen molar-refractivity contribution >= 4 is 11.7 Å². The zero-order valence-electron chi connectivity index (χ0n) is 19.7. The fraction of sp³-hybridized carbons (Fsp3) is 0.577. The van der Waals surface area contributed by atoms with Crippen LogP contribution in [0, 0.1) is 0 Å². The van der Waals surface area contributed by atoms with Gasteiger partial charge in [0, 0.05) is 44.3 Å². The number of rotatable bonds is 4. The monoisotopic (exact) mass is 448 g/mol. The van der Waals surface area contributed by atoms with E-state index in [0.29, 0.717) is 17.8 Å². The molecule has 7 nitrogen and oxygen atoms in total. The third-order valence-corrected chi connectivity index (χ3v) is 7.62. The Hall–Kier alpha value is -2.51. The summed E-state index contributed by atoms with van der Waals surface area (Å²) < 4.78 is 0. The highest BCUT2D eigenvalue weighted by Crippen LogP contribution is 2.25. The van der Waals surface area contributed by atoms with Crippen molar-refractivity contribution in [2.45, 2.75) is 57.2 Å². The molecule has 2 saturated heterocycles. The van der Waals surface area contributed by atoms with Crippen molar-refractivity contribution in [3.8, 4) is 0 Å². The molecule has 2 fully saturated rings. The first-order valence-corrected chi connectivity index (χ1v) is 12.5. The Labute approximate surface area is 197 Å². The van der Waals surface area contributed by atoms with E-state index < -0.39 is 0 Å². The van der Waals surface area contributed by atoms with E-state index in [9.17, 15) is 4.79 Å². The molecule has 3 aliphatic rings. The Bertz CT molecular complexity index is 957. The standard InChI is InChI=1S/C26H36N6O/c1-30-13-9-22(10-14-30)29-25-17-24(27-19-28-25)26(33)31-12-4-7-23(11-16-31)32-15-8-20-5-2-3-6-21(20)18-32/h2-3,5-6,17,19,22-23H,4,7-16,18H2,1H3,(H,27,28,29). The summed E-state index contributed by atoms with van der Waals surface area (Å²) in [6.45, 7) is 5.93. The van der Waals surface area contributed by atoms with Gasteiger partial charge in [-0.25, -0.2) is 9.97 Å². The molecular formula is C26H36N6O. The van der Waals surface area contributed by atoms with Crippen LogP contribution in [0.4, 0.5) is 5.82 Å². The molecule has 3 aliphatic heterocycles. The Balaban J connectivity index is 1.18. The van der Waals surface area contributed by atoms with Gasteiger partial charge in [-0.2, -0.15) is 0 Å². The number of likely N-dealkylation sites (tertiary alicyclic amines) is 2. The van der Waals surface area contributed by atoms with Crippen molar-refractivity contribution in [2.75, 3.05) is 45.1 Å². The van der Waals surface area contributed by atoms with Crippen LogP contribution in [0.5, 0.6) is 0 Å². The van der Waals surface area contributed by atoms with Crippen LogP contribution in [-0.4, -0.2) is 82.4 Å². The molecule has 0 bridgehead atoms. The molecule has 1 unspecified atom stereocenters. The Kier molecular flexibility index (Phi) is 6.88. The zero-order valence-corrected chi connectivity index (χ0v) is 19.7. The predicted octanol–water partition coefficient (Wildman–Crippen LogP) is 3.04. The fourth-order valence-electron chi connectivity index (χ4n) is 5.55. The van der Waals surface area contributed by atoms with E-state index in [-0.39, 0.29) is 5.91 Å². The van der Waals surface area contributed by atoms with Crippen molar-refractivity contribution in [1.29, 1.82) is 0 Å². The Morgan fingerprint density at radius 3 is 2.64 bits per heavy atom. The maximum absolute atomic E-state index is 13.3. The minimum atomic E-state index is 0.0356. The number of amides is 1. The number of nitrogens with zero attached hydrogens (tertiary/aromatic N) is 5. The number of carbonyl (C=O) groups excluding carboxylic acids is 1. The molecule has 5 rings (SSSR count). The van der Waals surface area contributed by atoms with Gasteiger partial charge in [-0.05, 0) is 69.8 Å². The molecule has 0 spiro atoms. The predicted molar refractivity (Wildman–Crippen MR) is 130 cm³/mol. The van der Waals surface area contributed by atoms with Crippen LogP contribution in [0.3, 0.4) is 0 Å². The van der Waals surface area contributed by atoms with E-state index in [1.54, 1.807) is 0 Å². The molecule has 1 atom stereocenters. The minimum Gasteiger partial charge on any atom is -0.367 e. The average Bonchev–Trinajstić information content (AvgIpc) is 3.11. The molecule has 1 amide bonds. The summed E-state index contributed by atoms with van der Waals surface area (Å²) in [6, 6.07) is 11.6. The van der Waals surface area contributed by atoms with Gasteiger partial charge in [0.2, 0.25) is 0 Å². The molecule has 33 heavy (non-hydrogen) atoms. The van der Waals surface area contributed by atoms with Crippen LogP contribution in [0.15, 0.2) is 36.7 Å². The quantitative estimate of drug-likeness (QED) is 0.776. The van der Waals surface area contributed by atoms with Gasteiger partial charge in [-0.1, -0.05) is 24.3 Å². The maximum Gasteiger partial charge on any atom is 0.272 e. The van der Waals surface area contributed by atoms with Crippen LogP contribution in [-0.2, 0) is 13.0 Å². The Morgan fingerprint density at radius 1 is 0.970 bits per heavy atom. The van der Waals surface area contributed by atoms with Crippen molar-refractivity contribution < 1.29 is 4.79 Å². The average molecular weight is 449 g/mol. The number of anilines is 1. The fourth-order valence-corrected chi connectivity index (χ4v) is 5.55. The van der Waals surface area contributed by atoms with E-state index in [1.165, 1.54) is 17.5 Å². The molecule has 0 aliphatic carbocycles. The van der Waals surface area contributed by atoms with Crippen molar-refractivity contribution in [3.63, 3.8) is 0 Å². The lowest BCUT2D eigenvalue weighted by Gasteiger charge is -2.35. The molecular weight excluding hydrogens is 412 g/mol. The number of fused-ring (bicyclic) bond motifs is 1. The van der Waals surface area contributed by atoms with E-state index in [1.807, 2.05) is 11.0 Å². The molecule has 4 heterocycles. The lowest BCUT2D eigenvalue weighted by molar-refractivity contribution is 0.0749. The van der Waals surface area contributed by atoms with Crippen molar-refractivity contribution in [1.82, 2.24) is 24.7 Å². The van der Waals surface area contributed by atoms with Gasteiger partial charge in [-0.3, -0.25) is 9.69 Å². The molecule has 176 valence electrons. The third-order valence-electron chi connectivity index (χ3n) is 7.62. The number of benzene rings is 1.